The van der Waals surface area contributed by atoms with E-state index in [-0.39, 0.29) is 30.0 Å². The molecule has 2 aliphatic rings. The molecule has 3 heterocycles. The molecule has 2 unspecified atom stereocenters. The van der Waals surface area contributed by atoms with Crippen molar-refractivity contribution in [3.05, 3.63) is 110 Å². The molecule has 13 heteroatoms. The van der Waals surface area contributed by atoms with Gasteiger partial charge in [0.05, 0.1) is 41.0 Å². The van der Waals surface area contributed by atoms with Crippen molar-refractivity contribution in [2.45, 2.75) is 62.8 Å². The summed E-state index contributed by atoms with van der Waals surface area (Å²) in [6, 6.07) is 20.2. The van der Waals surface area contributed by atoms with E-state index in [2.05, 4.69) is 26.1 Å². The van der Waals surface area contributed by atoms with E-state index in [0.29, 0.717) is 32.4 Å². The zero-order chi connectivity index (χ0) is 36.6. The standard InChI is InChI=1S/C38H37N3O8S2/c1-6-48-35(45)22-10-16-25(17-11-22)39-27(42)20-40-34-31(51-37(40)47)28(21-8-14-24(15-9-21)38(3,4)5)29-30(50-34)33(44)41(32(29)43)26-18-12-23(13-19-26)36(46)49-7-2/h8-19,28-30H,6-7,20H2,1-5H3,(H,39,42)/t28-,29?,30?/m0/s1. The van der Waals surface area contributed by atoms with Crippen molar-refractivity contribution in [2.75, 3.05) is 23.4 Å². The number of nitrogens with zero attached hydrogens (tertiary/aromatic N) is 2. The SMILES string of the molecule is CCOC(=O)c1ccc(NC(=O)Cn2c3c(sc2=O)[C@@H](c2ccc(C(C)(C)C)cc2)C2C(=O)N(c4ccc(C(=O)OCC)cc4)C(=O)C2S3)cc1. The summed E-state index contributed by atoms with van der Waals surface area (Å²) in [7, 11) is 0. The lowest BCUT2D eigenvalue weighted by Gasteiger charge is -2.31. The molecule has 3 atom stereocenters. The molecular weight excluding hydrogens is 691 g/mol. The second kappa shape index (κ2) is 14.3. The van der Waals surface area contributed by atoms with Crippen molar-refractivity contribution in [3.8, 4) is 0 Å². The lowest BCUT2D eigenvalue weighted by molar-refractivity contribution is -0.122. The number of amides is 3. The normalized spacial score (nSPS) is 18.2. The number of carbonyl (C=O) groups excluding carboxylic acids is 5. The largest absolute Gasteiger partial charge is 0.462 e. The Balaban J connectivity index is 1.34. The third-order valence-electron chi connectivity index (χ3n) is 8.80. The van der Waals surface area contributed by atoms with Crippen molar-refractivity contribution in [3.63, 3.8) is 0 Å². The molecule has 0 aliphatic carbocycles. The number of hydrogen-bond donors (Lipinski definition) is 1. The molecule has 1 saturated heterocycles. The lowest BCUT2D eigenvalue weighted by Crippen LogP contribution is -2.33. The molecule has 264 valence electrons. The highest BCUT2D eigenvalue weighted by Crippen LogP contribution is 2.54. The number of thiazole rings is 1. The molecule has 4 aromatic rings. The van der Waals surface area contributed by atoms with Gasteiger partial charge in [-0.3, -0.25) is 23.7 Å². The number of hydrogen-bond acceptors (Lipinski definition) is 10. The zero-order valence-electron chi connectivity index (χ0n) is 28.8. The Morgan fingerprint density at radius 3 is 1.90 bits per heavy atom. The fourth-order valence-corrected chi connectivity index (χ4v) is 9.04. The van der Waals surface area contributed by atoms with Gasteiger partial charge in [-0.15, -0.1) is 0 Å². The molecule has 1 aromatic heterocycles. The quantitative estimate of drug-likeness (QED) is 0.163. The van der Waals surface area contributed by atoms with Crippen LogP contribution < -0.4 is 15.1 Å². The minimum absolute atomic E-state index is 0.124. The summed E-state index contributed by atoms with van der Waals surface area (Å²) in [4.78, 5) is 80.9. The van der Waals surface area contributed by atoms with Crippen molar-refractivity contribution in [2.24, 2.45) is 5.92 Å². The first-order chi connectivity index (χ1) is 24.3. The van der Waals surface area contributed by atoms with Crippen molar-refractivity contribution in [1.82, 2.24) is 4.57 Å². The third-order valence-corrected chi connectivity index (χ3v) is 11.4. The first kappa shape index (κ1) is 35.8. The Labute approximate surface area is 302 Å². The number of esters is 2. The molecule has 3 aromatic carbocycles. The van der Waals surface area contributed by atoms with Crippen LogP contribution in [0.5, 0.6) is 0 Å². The van der Waals surface area contributed by atoms with Crippen LogP contribution in [0, 0.1) is 5.92 Å². The maximum Gasteiger partial charge on any atom is 0.338 e. The van der Waals surface area contributed by atoms with Crippen molar-refractivity contribution >= 4 is 64.1 Å². The molecule has 3 amide bonds. The van der Waals surface area contributed by atoms with Crippen LogP contribution in [0.4, 0.5) is 11.4 Å². The highest BCUT2D eigenvalue weighted by atomic mass is 32.2. The average molecular weight is 728 g/mol. The van der Waals surface area contributed by atoms with Gasteiger partial charge in [0.2, 0.25) is 17.7 Å². The van der Waals surface area contributed by atoms with E-state index >= 15 is 0 Å². The van der Waals surface area contributed by atoms with Gasteiger partial charge in [-0.25, -0.2) is 14.5 Å². The van der Waals surface area contributed by atoms with Crippen LogP contribution in [0.3, 0.4) is 0 Å². The number of ether oxygens (including phenoxy) is 2. The summed E-state index contributed by atoms with van der Waals surface area (Å²) in [5, 5.41) is 2.36. The number of fused-ring (bicyclic) bond motifs is 2. The maximum atomic E-state index is 14.3. The van der Waals surface area contributed by atoms with Gasteiger partial charge >= 0.3 is 16.8 Å². The first-order valence-electron chi connectivity index (χ1n) is 16.5. The predicted molar refractivity (Wildman–Crippen MR) is 195 cm³/mol. The highest BCUT2D eigenvalue weighted by Gasteiger charge is 2.56. The summed E-state index contributed by atoms with van der Waals surface area (Å²) < 4.78 is 11.4. The monoisotopic (exact) mass is 727 g/mol. The Morgan fingerprint density at radius 1 is 0.784 bits per heavy atom. The van der Waals surface area contributed by atoms with E-state index in [1.807, 2.05) is 24.3 Å². The van der Waals surface area contributed by atoms with E-state index in [9.17, 15) is 28.8 Å². The van der Waals surface area contributed by atoms with Crippen LogP contribution in [-0.4, -0.2) is 52.7 Å². The molecule has 1 fully saturated rings. The Bertz CT molecular complexity index is 2060. The average Bonchev–Trinajstić information content (AvgIpc) is 3.54. The van der Waals surface area contributed by atoms with Crippen LogP contribution in [0.2, 0.25) is 0 Å². The summed E-state index contributed by atoms with van der Waals surface area (Å²) in [5.74, 6) is -3.77. The molecule has 2 aliphatic heterocycles. The Morgan fingerprint density at radius 2 is 1.35 bits per heavy atom. The number of aromatic nitrogens is 1. The minimum atomic E-state index is -0.874. The van der Waals surface area contributed by atoms with E-state index in [0.717, 1.165) is 39.1 Å². The number of anilines is 2. The van der Waals surface area contributed by atoms with E-state index in [4.69, 9.17) is 9.47 Å². The van der Waals surface area contributed by atoms with Gasteiger partial charge < -0.3 is 14.8 Å². The van der Waals surface area contributed by atoms with Gasteiger partial charge in [0.25, 0.3) is 0 Å². The van der Waals surface area contributed by atoms with Gasteiger partial charge in [0.15, 0.2) is 0 Å². The molecule has 0 bridgehead atoms. The molecular formula is C38H37N3O8S2. The van der Waals surface area contributed by atoms with Gasteiger partial charge in [-0.1, -0.05) is 68.1 Å². The molecule has 6 rings (SSSR count). The Hall–Kier alpha value is -5.01. The van der Waals surface area contributed by atoms with Crippen LogP contribution in [0.15, 0.2) is 82.6 Å². The third kappa shape index (κ3) is 7.00. The highest BCUT2D eigenvalue weighted by molar-refractivity contribution is 8.00. The zero-order valence-corrected chi connectivity index (χ0v) is 30.4. The van der Waals surface area contributed by atoms with Gasteiger partial charge in [-0.2, -0.15) is 0 Å². The minimum Gasteiger partial charge on any atom is -0.462 e. The van der Waals surface area contributed by atoms with E-state index in [1.54, 1.807) is 38.1 Å². The fourth-order valence-electron chi connectivity index (χ4n) is 6.27. The van der Waals surface area contributed by atoms with Gasteiger partial charge in [0.1, 0.15) is 11.8 Å². The molecule has 51 heavy (non-hydrogen) atoms. The first-order valence-corrected chi connectivity index (χ1v) is 18.2. The van der Waals surface area contributed by atoms with E-state index < -0.39 is 46.7 Å². The summed E-state index contributed by atoms with van der Waals surface area (Å²) in [5.41, 5.74) is 3.12. The summed E-state index contributed by atoms with van der Waals surface area (Å²) in [6.07, 6.45) is 0. The van der Waals surface area contributed by atoms with Crippen LogP contribution in [0.25, 0.3) is 0 Å². The van der Waals surface area contributed by atoms with E-state index in [1.165, 1.54) is 28.8 Å². The second-order valence-electron chi connectivity index (χ2n) is 13.2. The molecule has 1 N–H and O–H groups in total. The molecule has 0 spiro atoms. The second-order valence-corrected chi connectivity index (χ2v) is 15.3. The number of nitrogens with one attached hydrogen (secondary N) is 1. The topological polar surface area (TPSA) is 141 Å². The van der Waals surface area contributed by atoms with Crippen LogP contribution in [-0.2, 0) is 35.8 Å². The predicted octanol–water partition coefficient (Wildman–Crippen LogP) is 6.00. The number of carbonyl (C=O) groups is 5. The van der Waals surface area contributed by atoms with Crippen molar-refractivity contribution < 1.29 is 33.4 Å². The summed E-state index contributed by atoms with van der Waals surface area (Å²) in [6.45, 7) is 9.84. The van der Waals surface area contributed by atoms with Gasteiger partial charge in [-0.05, 0) is 78.9 Å². The van der Waals surface area contributed by atoms with Gasteiger partial charge in [0, 0.05) is 16.5 Å². The molecule has 0 saturated carbocycles. The molecule has 11 nitrogen and oxygen atoms in total. The van der Waals surface area contributed by atoms with Crippen LogP contribution in [0.1, 0.15) is 77.3 Å². The number of rotatable bonds is 9. The van der Waals surface area contributed by atoms with Crippen molar-refractivity contribution in [1.29, 1.82) is 0 Å². The maximum absolute atomic E-state index is 14.3. The summed E-state index contributed by atoms with van der Waals surface area (Å²) >= 11 is 2.09. The van der Waals surface area contributed by atoms with Crippen LogP contribution >= 0.6 is 23.1 Å². The number of thioether (sulfide) groups is 1. The fraction of sp³-hybridized carbons (Fsp3) is 0.316. The number of imide groups is 1. The smallest absolute Gasteiger partial charge is 0.338 e. The lowest BCUT2D eigenvalue weighted by atomic mass is 9.81. The Kier molecular flexibility index (Phi) is 10.0. The molecule has 0 radical (unpaired) electrons. The number of benzene rings is 3.